The molecule has 0 atom stereocenters. The number of benzene rings is 1. The third-order valence-corrected chi connectivity index (χ3v) is 4.95. The molecule has 2 heterocycles. The van der Waals surface area contributed by atoms with Crippen LogP contribution >= 0.6 is 11.6 Å². The van der Waals surface area contributed by atoms with Crippen molar-refractivity contribution in [1.82, 2.24) is 9.78 Å². The zero-order valence-electron chi connectivity index (χ0n) is 12.6. The Labute approximate surface area is 135 Å². The molecule has 1 aliphatic carbocycles. The lowest BCUT2D eigenvalue weighted by atomic mass is 10.1. The Morgan fingerprint density at radius 2 is 1.73 bits per heavy atom. The Morgan fingerprint density at radius 3 is 2.36 bits per heavy atom. The van der Waals surface area contributed by atoms with E-state index in [2.05, 4.69) is 14.7 Å². The highest BCUT2D eigenvalue weighted by Gasteiger charge is 2.33. The van der Waals surface area contributed by atoms with Crippen molar-refractivity contribution in [3.8, 4) is 5.69 Å². The van der Waals surface area contributed by atoms with Crippen LogP contribution in [0.3, 0.4) is 0 Å². The fourth-order valence-electron chi connectivity index (χ4n) is 3.26. The van der Waals surface area contributed by atoms with Crippen molar-refractivity contribution in [1.29, 1.82) is 0 Å². The highest BCUT2D eigenvalue weighted by molar-refractivity contribution is 6.30. The number of hydrogen-bond donors (Lipinski definition) is 1. The summed E-state index contributed by atoms with van der Waals surface area (Å²) in [5.74, 6) is 0.642. The maximum Gasteiger partial charge on any atom is 0.0792 e. The zero-order valence-corrected chi connectivity index (χ0v) is 13.3. The minimum Gasteiger partial charge on any atom is -0.369 e. The summed E-state index contributed by atoms with van der Waals surface area (Å²) in [5, 5.41) is 5.43. The lowest BCUT2D eigenvalue weighted by Gasteiger charge is -2.32. The zero-order chi connectivity index (χ0) is 15.1. The van der Waals surface area contributed by atoms with Gasteiger partial charge in [-0.05, 0) is 49.9 Å². The van der Waals surface area contributed by atoms with Gasteiger partial charge in [-0.2, -0.15) is 5.10 Å². The smallest absolute Gasteiger partial charge is 0.0792 e. The molecule has 1 aliphatic heterocycles. The number of nitrogens with zero attached hydrogens (tertiary/aromatic N) is 3. The van der Waals surface area contributed by atoms with E-state index in [1.54, 1.807) is 0 Å². The van der Waals surface area contributed by atoms with Gasteiger partial charge in [0.15, 0.2) is 0 Å². The molecule has 1 saturated carbocycles. The molecule has 1 aromatic carbocycles. The Kier molecular flexibility index (Phi) is 3.59. The first-order valence-corrected chi connectivity index (χ1v) is 8.44. The molecule has 0 bridgehead atoms. The van der Waals surface area contributed by atoms with Crippen LogP contribution in [0.15, 0.2) is 30.5 Å². The van der Waals surface area contributed by atoms with Crippen molar-refractivity contribution in [2.75, 3.05) is 18.0 Å². The van der Waals surface area contributed by atoms with Crippen LogP contribution in [-0.2, 0) is 0 Å². The molecule has 4 nitrogen and oxygen atoms in total. The maximum absolute atomic E-state index is 6.04. The van der Waals surface area contributed by atoms with Crippen LogP contribution in [-0.4, -0.2) is 28.9 Å². The number of hydrogen-bond acceptors (Lipinski definition) is 3. The fourth-order valence-corrected chi connectivity index (χ4v) is 3.39. The van der Waals surface area contributed by atoms with Crippen LogP contribution in [0.25, 0.3) is 5.69 Å². The van der Waals surface area contributed by atoms with Gasteiger partial charge in [-0.3, -0.25) is 0 Å². The molecule has 0 spiro atoms. The molecule has 0 radical (unpaired) electrons. The minimum absolute atomic E-state index is 0.354. The molecular formula is C17H21ClN4. The van der Waals surface area contributed by atoms with Crippen LogP contribution in [0, 0.1) is 0 Å². The summed E-state index contributed by atoms with van der Waals surface area (Å²) in [4.78, 5) is 2.45. The third-order valence-electron chi connectivity index (χ3n) is 4.70. The summed E-state index contributed by atoms with van der Waals surface area (Å²) in [7, 11) is 0. The molecule has 4 rings (SSSR count). The van der Waals surface area contributed by atoms with Gasteiger partial charge in [0.05, 0.1) is 23.3 Å². The largest absolute Gasteiger partial charge is 0.369 e. The van der Waals surface area contributed by atoms with E-state index < -0.39 is 0 Å². The Balaban J connectivity index is 1.70. The normalized spacial score (nSPS) is 19.6. The number of aromatic nitrogens is 2. The number of piperidine rings is 1. The van der Waals surface area contributed by atoms with E-state index in [0.29, 0.717) is 12.0 Å². The highest BCUT2D eigenvalue weighted by Crippen LogP contribution is 2.45. The average molecular weight is 317 g/mol. The molecule has 1 aromatic heterocycles. The van der Waals surface area contributed by atoms with Crippen molar-refractivity contribution in [3.63, 3.8) is 0 Å². The fraction of sp³-hybridized carbons (Fsp3) is 0.471. The monoisotopic (exact) mass is 316 g/mol. The Morgan fingerprint density at radius 1 is 1.05 bits per heavy atom. The Bertz CT molecular complexity index is 652. The molecule has 2 aliphatic rings. The lowest BCUT2D eigenvalue weighted by molar-refractivity contribution is 0.500. The predicted octanol–water partition coefficient (Wildman–Crippen LogP) is 3.33. The molecule has 116 valence electrons. The van der Waals surface area contributed by atoms with Crippen molar-refractivity contribution in [3.05, 3.63) is 41.2 Å². The van der Waals surface area contributed by atoms with Crippen molar-refractivity contribution in [2.45, 2.75) is 37.6 Å². The quantitative estimate of drug-likeness (QED) is 0.944. The van der Waals surface area contributed by atoms with Crippen molar-refractivity contribution < 1.29 is 0 Å². The first-order valence-electron chi connectivity index (χ1n) is 8.07. The van der Waals surface area contributed by atoms with E-state index in [0.717, 1.165) is 36.6 Å². The van der Waals surface area contributed by atoms with E-state index in [-0.39, 0.29) is 0 Å². The average Bonchev–Trinajstić information content (AvgIpc) is 3.28. The van der Waals surface area contributed by atoms with E-state index in [9.17, 15) is 0 Å². The molecular weight excluding hydrogens is 296 g/mol. The van der Waals surface area contributed by atoms with Gasteiger partial charge in [0, 0.05) is 30.1 Å². The highest BCUT2D eigenvalue weighted by atomic mass is 35.5. The number of halogens is 1. The maximum atomic E-state index is 6.04. The molecule has 5 heteroatoms. The van der Waals surface area contributed by atoms with Crippen LogP contribution in [0.1, 0.15) is 37.3 Å². The summed E-state index contributed by atoms with van der Waals surface area (Å²) < 4.78 is 2.10. The van der Waals surface area contributed by atoms with Gasteiger partial charge in [0.25, 0.3) is 0 Å². The summed E-state index contributed by atoms with van der Waals surface area (Å²) in [5.41, 5.74) is 9.78. The molecule has 2 N–H and O–H groups in total. The topological polar surface area (TPSA) is 47.1 Å². The molecule has 2 aromatic rings. The van der Waals surface area contributed by atoms with Gasteiger partial charge >= 0.3 is 0 Å². The van der Waals surface area contributed by atoms with Gasteiger partial charge < -0.3 is 10.6 Å². The van der Waals surface area contributed by atoms with E-state index in [1.165, 1.54) is 24.2 Å². The van der Waals surface area contributed by atoms with Crippen LogP contribution in [0.4, 0.5) is 5.69 Å². The summed E-state index contributed by atoms with van der Waals surface area (Å²) in [6.45, 7) is 2.07. The first-order chi connectivity index (χ1) is 10.7. The standard InChI is InChI=1S/C17H21ClN4/c18-13-3-5-15(6-4-13)22-17(12-1-2-12)16(11-20-22)21-9-7-14(19)8-10-21/h3-6,11-12,14H,1-2,7-10,19H2. The SMILES string of the molecule is NC1CCN(c2cnn(-c3ccc(Cl)cc3)c2C2CC2)CC1. The van der Waals surface area contributed by atoms with E-state index >= 15 is 0 Å². The van der Waals surface area contributed by atoms with Crippen LogP contribution in [0.5, 0.6) is 0 Å². The molecule has 1 saturated heterocycles. The predicted molar refractivity (Wildman–Crippen MR) is 90.0 cm³/mol. The Hall–Kier alpha value is -1.52. The van der Waals surface area contributed by atoms with Crippen LogP contribution < -0.4 is 10.6 Å². The van der Waals surface area contributed by atoms with Gasteiger partial charge in [0.1, 0.15) is 0 Å². The lowest BCUT2D eigenvalue weighted by Crippen LogP contribution is -2.39. The molecule has 0 amide bonds. The summed E-state index contributed by atoms with van der Waals surface area (Å²) >= 11 is 6.00. The number of nitrogens with two attached hydrogens (primary N) is 1. The molecule has 0 unspecified atom stereocenters. The number of rotatable bonds is 3. The second-order valence-electron chi connectivity index (χ2n) is 6.40. The van der Waals surface area contributed by atoms with Gasteiger partial charge in [-0.1, -0.05) is 11.6 Å². The van der Waals surface area contributed by atoms with Crippen molar-refractivity contribution in [2.24, 2.45) is 5.73 Å². The minimum atomic E-state index is 0.354. The summed E-state index contributed by atoms with van der Waals surface area (Å²) in [6, 6.07) is 8.28. The van der Waals surface area contributed by atoms with Gasteiger partial charge in [0.2, 0.25) is 0 Å². The first kappa shape index (κ1) is 14.1. The van der Waals surface area contributed by atoms with E-state index in [1.807, 2.05) is 30.5 Å². The number of anilines is 1. The second-order valence-corrected chi connectivity index (χ2v) is 6.84. The van der Waals surface area contributed by atoms with Gasteiger partial charge in [-0.15, -0.1) is 0 Å². The van der Waals surface area contributed by atoms with Gasteiger partial charge in [-0.25, -0.2) is 4.68 Å². The van der Waals surface area contributed by atoms with Crippen LogP contribution in [0.2, 0.25) is 5.02 Å². The van der Waals surface area contributed by atoms with Crippen molar-refractivity contribution >= 4 is 17.3 Å². The van der Waals surface area contributed by atoms with E-state index in [4.69, 9.17) is 17.3 Å². The summed E-state index contributed by atoms with van der Waals surface area (Å²) in [6.07, 6.45) is 6.69. The molecule has 22 heavy (non-hydrogen) atoms. The third kappa shape index (κ3) is 2.61. The molecule has 2 fully saturated rings. The second kappa shape index (κ2) is 5.60.